The lowest BCUT2D eigenvalue weighted by Crippen LogP contribution is -2.22. The molecule has 0 aliphatic heterocycles. The van der Waals surface area contributed by atoms with Crippen molar-refractivity contribution >= 4 is 9.84 Å². The Kier molecular flexibility index (Phi) is 5.75. The lowest BCUT2D eigenvalue weighted by molar-refractivity contribution is 0.385. The first kappa shape index (κ1) is 15.9. The van der Waals surface area contributed by atoms with Gasteiger partial charge >= 0.3 is 0 Å². The van der Waals surface area contributed by atoms with Crippen LogP contribution in [0, 0.1) is 5.82 Å². The van der Waals surface area contributed by atoms with Crippen LogP contribution in [0.2, 0.25) is 0 Å². The molecule has 0 bridgehead atoms. The van der Waals surface area contributed by atoms with Crippen LogP contribution >= 0.6 is 0 Å². The Morgan fingerprint density at radius 1 is 1.42 bits per heavy atom. The molecule has 0 radical (unpaired) electrons. The third-order valence-electron chi connectivity index (χ3n) is 2.82. The minimum atomic E-state index is -2.92. The molecule has 0 amide bonds. The maximum absolute atomic E-state index is 13.5. The highest BCUT2D eigenvalue weighted by Gasteiger charge is 2.09. The molecule has 1 atom stereocenters. The zero-order valence-corrected chi connectivity index (χ0v) is 12.3. The highest BCUT2D eigenvalue weighted by atomic mass is 32.2. The van der Waals surface area contributed by atoms with Crippen molar-refractivity contribution in [3.8, 4) is 5.75 Å². The van der Waals surface area contributed by atoms with Gasteiger partial charge in [0.15, 0.2) is 11.6 Å². The summed E-state index contributed by atoms with van der Waals surface area (Å²) in [5.74, 6) is -0.0261. The summed E-state index contributed by atoms with van der Waals surface area (Å²) in [6.07, 6.45) is 1.76. The minimum Gasteiger partial charge on any atom is -0.494 e. The van der Waals surface area contributed by atoms with Crippen LogP contribution in [0.15, 0.2) is 18.2 Å². The van der Waals surface area contributed by atoms with Crippen LogP contribution in [0.5, 0.6) is 5.75 Å². The van der Waals surface area contributed by atoms with E-state index in [1.165, 1.54) is 19.4 Å². The van der Waals surface area contributed by atoms with E-state index in [2.05, 4.69) is 5.32 Å². The van der Waals surface area contributed by atoms with Gasteiger partial charge in [0.1, 0.15) is 9.84 Å². The second-order valence-electron chi connectivity index (χ2n) is 4.55. The monoisotopic (exact) mass is 289 g/mol. The van der Waals surface area contributed by atoms with Gasteiger partial charge in [0.05, 0.1) is 12.9 Å². The van der Waals surface area contributed by atoms with E-state index < -0.39 is 15.7 Å². The summed E-state index contributed by atoms with van der Waals surface area (Å²) in [5, 5.41) is 3.16. The van der Waals surface area contributed by atoms with Gasteiger partial charge in [-0.2, -0.15) is 0 Å². The van der Waals surface area contributed by atoms with E-state index in [4.69, 9.17) is 4.74 Å². The van der Waals surface area contributed by atoms with Gasteiger partial charge in [-0.15, -0.1) is 0 Å². The van der Waals surface area contributed by atoms with Crippen molar-refractivity contribution in [1.29, 1.82) is 0 Å². The van der Waals surface area contributed by atoms with Gasteiger partial charge in [0, 0.05) is 12.3 Å². The summed E-state index contributed by atoms with van der Waals surface area (Å²) in [6.45, 7) is 2.48. The van der Waals surface area contributed by atoms with E-state index in [0.717, 1.165) is 5.56 Å². The first-order chi connectivity index (χ1) is 8.83. The second-order valence-corrected chi connectivity index (χ2v) is 6.81. The van der Waals surface area contributed by atoms with Crippen molar-refractivity contribution in [2.45, 2.75) is 19.4 Å². The lowest BCUT2D eigenvalue weighted by atomic mass is 10.1. The molecule has 1 aromatic carbocycles. The molecule has 1 rings (SSSR count). The average molecular weight is 289 g/mol. The van der Waals surface area contributed by atoms with Crippen LogP contribution < -0.4 is 10.1 Å². The highest BCUT2D eigenvalue weighted by Crippen LogP contribution is 2.21. The largest absolute Gasteiger partial charge is 0.494 e. The maximum atomic E-state index is 13.5. The number of sulfone groups is 1. The van der Waals surface area contributed by atoms with Crippen LogP contribution in [-0.2, 0) is 9.84 Å². The van der Waals surface area contributed by atoms with Crippen molar-refractivity contribution in [2.75, 3.05) is 25.7 Å². The first-order valence-corrected chi connectivity index (χ1v) is 8.14. The molecule has 6 heteroatoms. The summed E-state index contributed by atoms with van der Waals surface area (Å²) >= 11 is 0. The molecule has 0 heterocycles. The Balaban J connectivity index is 2.49. The molecule has 0 aliphatic carbocycles. The fourth-order valence-corrected chi connectivity index (χ4v) is 2.39. The Hall–Kier alpha value is -1.14. The summed E-state index contributed by atoms with van der Waals surface area (Å²) < 4.78 is 40.3. The zero-order valence-electron chi connectivity index (χ0n) is 11.4. The van der Waals surface area contributed by atoms with E-state index in [1.807, 2.05) is 6.92 Å². The van der Waals surface area contributed by atoms with Gasteiger partial charge in [-0.25, -0.2) is 12.8 Å². The SMILES string of the molecule is COc1ccc(C(C)NCCCS(C)(=O)=O)cc1F. The third-order valence-corrected chi connectivity index (χ3v) is 3.85. The Bertz CT molecular complexity index is 517. The highest BCUT2D eigenvalue weighted by molar-refractivity contribution is 7.90. The lowest BCUT2D eigenvalue weighted by Gasteiger charge is -2.15. The molecule has 19 heavy (non-hydrogen) atoms. The minimum absolute atomic E-state index is 0.0417. The van der Waals surface area contributed by atoms with Gasteiger partial charge in [0.2, 0.25) is 0 Å². The summed E-state index contributed by atoms with van der Waals surface area (Å²) in [6, 6.07) is 4.75. The van der Waals surface area contributed by atoms with Gasteiger partial charge in [-0.05, 0) is 37.6 Å². The van der Waals surface area contributed by atoms with Crippen molar-refractivity contribution in [3.63, 3.8) is 0 Å². The number of halogens is 1. The number of hydrogen-bond acceptors (Lipinski definition) is 4. The molecular weight excluding hydrogens is 269 g/mol. The van der Waals surface area contributed by atoms with Gasteiger partial charge in [-0.1, -0.05) is 6.07 Å². The number of hydrogen-bond donors (Lipinski definition) is 1. The van der Waals surface area contributed by atoms with E-state index >= 15 is 0 Å². The number of rotatable bonds is 7. The normalized spacial score (nSPS) is 13.3. The molecule has 4 nitrogen and oxygen atoms in total. The summed E-state index contributed by atoms with van der Waals surface area (Å²) in [4.78, 5) is 0. The van der Waals surface area contributed by atoms with E-state index in [1.54, 1.807) is 12.1 Å². The molecule has 1 aromatic rings. The number of ether oxygens (including phenoxy) is 1. The molecule has 1 unspecified atom stereocenters. The molecule has 0 aromatic heterocycles. The topological polar surface area (TPSA) is 55.4 Å². The molecule has 0 aliphatic rings. The molecule has 108 valence electrons. The standard InChI is InChI=1S/C13H20FNO3S/c1-10(15-7-4-8-19(3,16)17)11-5-6-13(18-2)12(14)9-11/h5-6,9-10,15H,4,7-8H2,1-3H3. The van der Waals surface area contributed by atoms with Crippen LogP contribution in [0.25, 0.3) is 0 Å². The maximum Gasteiger partial charge on any atom is 0.165 e. The molecule has 0 spiro atoms. The quantitative estimate of drug-likeness (QED) is 0.779. The predicted molar refractivity (Wildman–Crippen MR) is 73.7 cm³/mol. The van der Waals surface area contributed by atoms with Crippen LogP contribution in [0.3, 0.4) is 0 Å². The summed E-state index contributed by atoms with van der Waals surface area (Å²) in [7, 11) is -1.50. The zero-order chi connectivity index (χ0) is 14.5. The number of methoxy groups -OCH3 is 1. The predicted octanol–water partition coefficient (Wildman–Crippen LogP) is 1.92. The number of nitrogens with one attached hydrogen (secondary N) is 1. The van der Waals surface area contributed by atoms with Crippen LogP contribution in [-0.4, -0.2) is 34.1 Å². The molecular formula is C13H20FNO3S. The Morgan fingerprint density at radius 3 is 2.63 bits per heavy atom. The van der Waals surface area contributed by atoms with E-state index in [0.29, 0.717) is 13.0 Å². The molecule has 0 fully saturated rings. The second kappa shape index (κ2) is 6.86. The third kappa shape index (κ3) is 5.57. The van der Waals surface area contributed by atoms with Crippen LogP contribution in [0.4, 0.5) is 4.39 Å². The average Bonchev–Trinajstić information content (AvgIpc) is 2.33. The van der Waals surface area contributed by atoms with Crippen molar-refractivity contribution in [2.24, 2.45) is 0 Å². The van der Waals surface area contributed by atoms with Gasteiger partial charge < -0.3 is 10.1 Å². The van der Waals surface area contributed by atoms with E-state index in [9.17, 15) is 12.8 Å². The van der Waals surface area contributed by atoms with Gasteiger partial charge in [0.25, 0.3) is 0 Å². The van der Waals surface area contributed by atoms with Crippen molar-refractivity contribution in [3.05, 3.63) is 29.6 Å². The number of benzene rings is 1. The smallest absolute Gasteiger partial charge is 0.165 e. The Labute approximate surface area is 113 Å². The van der Waals surface area contributed by atoms with Gasteiger partial charge in [-0.3, -0.25) is 0 Å². The fourth-order valence-electron chi connectivity index (χ4n) is 1.72. The molecule has 0 saturated carbocycles. The van der Waals surface area contributed by atoms with Crippen LogP contribution in [0.1, 0.15) is 24.9 Å². The fraction of sp³-hybridized carbons (Fsp3) is 0.538. The first-order valence-electron chi connectivity index (χ1n) is 6.08. The van der Waals surface area contributed by atoms with Crippen molar-refractivity contribution in [1.82, 2.24) is 5.32 Å². The Morgan fingerprint density at radius 2 is 2.11 bits per heavy atom. The molecule has 0 saturated heterocycles. The van der Waals surface area contributed by atoms with Crippen molar-refractivity contribution < 1.29 is 17.5 Å². The summed E-state index contributed by atoms with van der Waals surface area (Å²) in [5.41, 5.74) is 0.803. The molecule has 1 N–H and O–H groups in total. The van der Waals surface area contributed by atoms with E-state index in [-0.39, 0.29) is 17.5 Å².